The zero-order valence-corrected chi connectivity index (χ0v) is 9.80. The number of benzene rings is 1. The van der Waals surface area contributed by atoms with Crippen molar-refractivity contribution in [1.29, 1.82) is 0 Å². The first-order chi connectivity index (χ1) is 8.56. The maximum absolute atomic E-state index is 11.8. The molecule has 0 bridgehead atoms. The maximum Gasteiger partial charge on any atom is 0.244 e. The van der Waals surface area contributed by atoms with Gasteiger partial charge in [-0.05, 0) is 12.0 Å². The summed E-state index contributed by atoms with van der Waals surface area (Å²) in [5.41, 5.74) is 11.0. The average molecular weight is 242 g/mol. The molecule has 0 radical (unpaired) electrons. The van der Waals surface area contributed by atoms with Crippen LogP contribution in [0.3, 0.4) is 0 Å². The van der Waals surface area contributed by atoms with Crippen molar-refractivity contribution in [2.45, 2.75) is 11.8 Å². The molecule has 0 fully saturated rings. The van der Waals surface area contributed by atoms with Crippen molar-refractivity contribution in [2.24, 2.45) is 11.5 Å². The summed E-state index contributed by atoms with van der Waals surface area (Å²) in [4.78, 5) is 23.1. The zero-order chi connectivity index (χ0) is 13.2. The average Bonchev–Trinajstić information content (AvgIpc) is 2.39. The molecule has 0 heterocycles. The zero-order valence-electron chi connectivity index (χ0n) is 9.80. The third-order valence-corrected chi connectivity index (χ3v) is 3.19. The number of carbonyl (C=O) groups excluding carboxylic acids is 2. The molecule has 1 aliphatic rings. The Morgan fingerprint density at radius 2 is 1.78 bits per heavy atom. The van der Waals surface area contributed by atoms with Crippen molar-refractivity contribution in [3.8, 4) is 0 Å². The molecule has 1 aromatic rings. The van der Waals surface area contributed by atoms with Crippen molar-refractivity contribution in [1.82, 2.24) is 0 Å². The third-order valence-electron chi connectivity index (χ3n) is 3.19. The second-order valence-corrected chi connectivity index (χ2v) is 4.29. The molecule has 4 N–H and O–H groups in total. The van der Waals surface area contributed by atoms with Crippen molar-refractivity contribution in [2.75, 3.05) is 0 Å². The fourth-order valence-corrected chi connectivity index (χ4v) is 2.16. The van der Waals surface area contributed by atoms with Gasteiger partial charge in [0.2, 0.25) is 11.8 Å². The molecule has 18 heavy (non-hydrogen) atoms. The van der Waals surface area contributed by atoms with E-state index in [0.717, 1.165) is 5.56 Å². The monoisotopic (exact) mass is 242 g/mol. The largest absolute Gasteiger partial charge is 0.369 e. The lowest BCUT2D eigenvalue weighted by molar-refractivity contribution is -0.122. The van der Waals surface area contributed by atoms with Gasteiger partial charge in [0.1, 0.15) is 0 Å². The van der Waals surface area contributed by atoms with Crippen LogP contribution >= 0.6 is 0 Å². The van der Waals surface area contributed by atoms with Gasteiger partial charge in [-0.25, -0.2) is 0 Å². The van der Waals surface area contributed by atoms with Crippen molar-refractivity contribution >= 4 is 11.8 Å². The second kappa shape index (κ2) is 4.49. The fraction of sp³-hybridized carbons (Fsp3) is 0.143. The van der Waals surface area contributed by atoms with E-state index in [4.69, 9.17) is 11.5 Å². The van der Waals surface area contributed by atoms with E-state index >= 15 is 0 Å². The topological polar surface area (TPSA) is 86.2 Å². The van der Waals surface area contributed by atoms with Crippen molar-refractivity contribution in [3.63, 3.8) is 0 Å². The molecule has 0 saturated carbocycles. The molecule has 2 rings (SSSR count). The predicted molar refractivity (Wildman–Crippen MR) is 68.3 cm³/mol. The highest BCUT2D eigenvalue weighted by Crippen LogP contribution is 2.35. The van der Waals surface area contributed by atoms with Gasteiger partial charge in [-0.2, -0.15) is 0 Å². The summed E-state index contributed by atoms with van der Waals surface area (Å²) in [7, 11) is 0. The quantitative estimate of drug-likeness (QED) is 0.820. The number of amides is 2. The Morgan fingerprint density at radius 3 is 2.33 bits per heavy atom. The minimum Gasteiger partial charge on any atom is -0.369 e. The molecule has 1 atom stereocenters. The highest BCUT2D eigenvalue weighted by Gasteiger charge is 2.38. The van der Waals surface area contributed by atoms with Crippen LogP contribution in [-0.2, 0) is 15.0 Å². The summed E-state index contributed by atoms with van der Waals surface area (Å²) in [6.07, 6.45) is 5.20. The predicted octanol–water partition coefficient (Wildman–Crippen LogP) is 0.781. The molecule has 0 spiro atoms. The van der Waals surface area contributed by atoms with Gasteiger partial charge >= 0.3 is 0 Å². The summed E-state index contributed by atoms with van der Waals surface area (Å²) in [6, 6.07) is 9.15. The first-order valence-corrected chi connectivity index (χ1v) is 5.60. The molecule has 1 unspecified atom stereocenters. The van der Waals surface area contributed by atoms with Gasteiger partial charge in [-0.15, -0.1) is 0 Å². The van der Waals surface area contributed by atoms with Gasteiger partial charge in [0.05, 0.1) is 5.41 Å². The Morgan fingerprint density at radius 1 is 1.11 bits per heavy atom. The number of rotatable bonds is 3. The van der Waals surface area contributed by atoms with E-state index in [9.17, 15) is 9.59 Å². The first kappa shape index (κ1) is 12.1. The van der Waals surface area contributed by atoms with Gasteiger partial charge in [0.25, 0.3) is 0 Å². The lowest BCUT2D eigenvalue weighted by Gasteiger charge is -2.30. The molecular formula is C14H14N2O2. The van der Waals surface area contributed by atoms with Crippen LogP contribution in [0.2, 0.25) is 0 Å². The van der Waals surface area contributed by atoms with Crippen LogP contribution in [0.25, 0.3) is 0 Å². The van der Waals surface area contributed by atoms with Crippen LogP contribution in [0.1, 0.15) is 12.0 Å². The van der Waals surface area contributed by atoms with E-state index in [1.165, 1.54) is 0 Å². The molecular weight excluding hydrogens is 228 g/mol. The highest BCUT2D eigenvalue weighted by molar-refractivity contribution is 5.97. The van der Waals surface area contributed by atoms with Gasteiger partial charge < -0.3 is 11.5 Å². The van der Waals surface area contributed by atoms with E-state index in [0.29, 0.717) is 5.57 Å². The molecule has 4 heteroatoms. The van der Waals surface area contributed by atoms with Crippen molar-refractivity contribution < 1.29 is 9.59 Å². The number of hydrogen-bond acceptors (Lipinski definition) is 2. The Bertz CT molecular complexity index is 546. The molecule has 0 aliphatic heterocycles. The standard InChI is InChI=1S/C14H14N2O2/c15-12(17)10-5-4-8-14(9-10,13(16)18)11-6-2-1-3-7-11/h1-8H,9H2,(H2,15,17)(H2,16,18). The van der Waals surface area contributed by atoms with Crippen LogP contribution in [0.4, 0.5) is 0 Å². The Balaban J connectivity index is 2.49. The number of carbonyl (C=O) groups is 2. The molecule has 1 aromatic carbocycles. The lowest BCUT2D eigenvalue weighted by atomic mass is 9.72. The van der Waals surface area contributed by atoms with E-state index < -0.39 is 17.2 Å². The fourth-order valence-electron chi connectivity index (χ4n) is 2.16. The summed E-state index contributed by atoms with van der Waals surface area (Å²) in [6.45, 7) is 0. The van der Waals surface area contributed by atoms with E-state index in [1.807, 2.05) is 30.3 Å². The summed E-state index contributed by atoms with van der Waals surface area (Å²) in [5, 5.41) is 0. The normalized spacial score (nSPS) is 22.3. The molecule has 1 aliphatic carbocycles. The minimum atomic E-state index is -0.986. The molecule has 92 valence electrons. The Labute approximate surface area is 105 Å². The molecule has 0 saturated heterocycles. The highest BCUT2D eigenvalue weighted by atomic mass is 16.1. The number of nitrogens with two attached hydrogens (primary N) is 2. The summed E-state index contributed by atoms with van der Waals surface area (Å²) in [5.74, 6) is -1.02. The summed E-state index contributed by atoms with van der Waals surface area (Å²) >= 11 is 0. The number of allylic oxidation sites excluding steroid dienone is 2. The van der Waals surface area contributed by atoms with Crippen LogP contribution in [0.15, 0.2) is 54.1 Å². The maximum atomic E-state index is 11.8. The van der Waals surface area contributed by atoms with E-state index in [2.05, 4.69) is 0 Å². The van der Waals surface area contributed by atoms with E-state index in [1.54, 1.807) is 18.2 Å². The lowest BCUT2D eigenvalue weighted by Crippen LogP contribution is -2.42. The van der Waals surface area contributed by atoms with Gasteiger partial charge in [0, 0.05) is 5.57 Å². The van der Waals surface area contributed by atoms with E-state index in [-0.39, 0.29) is 6.42 Å². The Hall–Kier alpha value is -2.36. The van der Waals surface area contributed by atoms with Crippen molar-refractivity contribution in [3.05, 3.63) is 59.7 Å². The second-order valence-electron chi connectivity index (χ2n) is 4.29. The van der Waals surface area contributed by atoms with Crippen LogP contribution in [0.5, 0.6) is 0 Å². The smallest absolute Gasteiger partial charge is 0.244 e. The van der Waals surface area contributed by atoms with Gasteiger partial charge in [-0.3, -0.25) is 9.59 Å². The van der Waals surface area contributed by atoms with Crippen LogP contribution in [0, 0.1) is 0 Å². The molecule has 0 aromatic heterocycles. The Kier molecular flexibility index (Phi) is 3.02. The van der Waals surface area contributed by atoms with Crippen LogP contribution < -0.4 is 11.5 Å². The first-order valence-electron chi connectivity index (χ1n) is 5.60. The van der Waals surface area contributed by atoms with Crippen LogP contribution in [-0.4, -0.2) is 11.8 Å². The summed E-state index contributed by atoms with van der Waals surface area (Å²) < 4.78 is 0. The molecule has 2 amide bonds. The SMILES string of the molecule is NC(=O)C1=CC=CC(C(N)=O)(c2ccccc2)C1. The molecule has 4 nitrogen and oxygen atoms in total. The number of primary amides is 2. The third kappa shape index (κ3) is 1.93. The number of hydrogen-bond donors (Lipinski definition) is 2. The van der Waals surface area contributed by atoms with Gasteiger partial charge in [0.15, 0.2) is 0 Å². The van der Waals surface area contributed by atoms with Gasteiger partial charge in [-0.1, -0.05) is 48.6 Å². The minimum absolute atomic E-state index is 0.207.